The van der Waals surface area contributed by atoms with Crippen molar-refractivity contribution in [1.82, 2.24) is 10.2 Å². The van der Waals surface area contributed by atoms with E-state index < -0.39 is 0 Å². The number of aliphatic hydroxyl groups excluding tert-OH is 1. The molecule has 1 fully saturated rings. The summed E-state index contributed by atoms with van der Waals surface area (Å²) in [5.74, 6) is 0.851. The van der Waals surface area contributed by atoms with Crippen molar-refractivity contribution in [2.24, 2.45) is 0 Å². The Kier molecular flexibility index (Phi) is 6.30. The molecule has 5 nitrogen and oxygen atoms in total. The predicted molar refractivity (Wildman–Crippen MR) is 98.8 cm³/mol. The molecular weight excluding hydrogens is 336 g/mol. The topological polar surface area (TPSA) is 61.8 Å². The van der Waals surface area contributed by atoms with Crippen molar-refractivity contribution in [2.45, 2.75) is 38.5 Å². The largest absolute Gasteiger partial charge is 0.489 e. The molecule has 1 aromatic heterocycles. The number of benzene rings is 1. The smallest absolute Gasteiger partial charge is 0.318 e. The van der Waals surface area contributed by atoms with Gasteiger partial charge in [-0.2, -0.15) is 0 Å². The van der Waals surface area contributed by atoms with Gasteiger partial charge in [0.05, 0.1) is 19.2 Å². The fourth-order valence-corrected chi connectivity index (χ4v) is 3.81. The molecule has 0 bridgehead atoms. The number of nitrogens with one attached hydrogen (secondary N) is 1. The number of urea groups is 1. The van der Waals surface area contributed by atoms with E-state index in [2.05, 4.69) is 16.8 Å². The van der Waals surface area contributed by atoms with Gasteiger partial charge in [-0.05, 0) is 42.8 Å². The number of carbonyl (C=O) groups excluding carboxylic acids is 1. The van der Waals surface area contributed by atoms with Crippen molar-refractivity contribution < 1.29 is 14.6 Å². The Hall–Kier alpha value is -2.05. The van der Waals surface area contributed by atoms with Crippen LogP contribution in [0.4, 0.5) is 4.79 Å². The molecule has 6 heteroatoms. The molecule has 0 unspecified atom stereocenters. The van der Waals surface area contributed by atoms with Crippen molar-refractivity contribution in [2.75, 3.05) is 13.2 Å². The summed E-state index contributed by atoms with van der Waals surface area (Å²) >= 11 is 1.62. The highest BCUT2D eigenvalue weighted by atomic mass is 32.1. The lowest BCUT2D eigenvalue weighted by atomic mass is 10.0. The number of likely N-dealkylation sites (tertiary alicyclic amines) is 1. The molecule has 2 N–H and O–H groups in total. The van der Waals surface area contributed by atoms with Crippen LogP contribution in [0, 0.1) is 0 Å². The molecule has 0 aliphatic carbocycles. The summed E-state index contributed by atoms with van der Waals surface area (Å²) in [6.45, 7) is 1.78. The Balaban J connectivity index is 1.47. The second-order valence-electron chi connectivity index (χ2n) is 6.21. The van der Waals surface area contributed by atoms with Gasteiger partial charge >= 0.3 is 6.03 Å². The van der Waals surface area contributed by atoms with Gasteiger partial charge in [-0.25, -0.2) is 4.79 Å². The molecule has 1 aliphatic rings. The minimum Gasteiger partial charge on any atom is -0.489 e. The van der Waals surface area contributed by atoms with Gasteiger partial charge in [0.2, 0.25) is 0 Å². The standard InChI is InChI=1S/C19H24N2O3S/c22-12-16-6-4-5-9-21(16)19(23)20-11-18-10-15(14-25-18)13-24-17-7-2-1-3-8-17/h1-3,7-8,10,14,16,22H,4-6,9,11-13H2,(H,20,23)/t16-/m0/s1. The van der Waals surface area contributed by atoms with E-state index in [0.29, 0.717) is 13.2 Å². The third kappa shape index (κ3) is 4.96. The highest BCUT2D eigenvalue weighted by molar-refractivity contribution is 7.10. The van der Waals surface area contributed by atoms with E-state index >= 15 is 0 Å². The van der Waals surface area contributed by atoms with Crippen molar-refractivity contribution >= 4 is 17.4 Å². The Labute approximate surface area is 152 Å². The van der Waals surface area contributed by atoms with Gasteiger partial charge in [0.25, 0.3) is 0 Å². The van der Waals surface area contributed by atoms with Crippen LogP contribution in [0.5, 0.6) is 5.75 Å². The number of hydrogen-bond donors (Lipinski definition) is 2. The maximum Gasteiger partial charge on any atom is 0.318 e. The lowest BCUT2D eigenvalue weighted by Crippen LogP contribution is -2.49. The fraction of sp³-hybridized carbons (Fsp3) is 0.421. The highest BCUT2D eigenvalue weighted by Gasteiger charge is 2.25. The van der Waals surface area contributed by atoms with Crippen LogP contribution in [0.3, 0.4) is 0 Å². The Morgan fingerprint density at radius 3 is 2.96 bits per heavy atom. The molecule has 0 radical (unpaired) electrons. The molecule has 25 heavy (non-hydrogen) atoms. The molecular formula is C19H24N2O3S. The van der Waals surface area contributed by atoms with Crippen LogP contribution < -0.4 is 10.1 Å². The minimum atomic E-state index is -0.0887. The number of aliphatic hydroxyl groups is 1. The molecule has 3 rings (SSSR count). The van der Waals surface area contributed by atoms with E-state index in [0.717, 1.165) is 42.0 Å². The normalized spacial score (nSPS) is 17.3. The summed E-state index contributed by atoms with van der Waals surface area (Å²) in [5, 5.41) is 14.4. The van der Waals surface area contributed by atoms with Gasteiger partial charge in [-0.1, -0.05) is 18.2 Å². The van der Waals surface area contributed by atoms with Crippen LogP contribution in [-0.2, 0) is 13.2 Å². The lowest BCUT2D eigenvalue weighted by Gasteiger charge is -2.34. The molecule has 2 aromatic rings. The van der Waals surface area contributed by atoms with Crippen molar-refractivity contribution in [3.05, 3.63) is 52.2 Å². The zero-order valence-electron chi connectivity index (χ0n) is 14.2. The Morgan fingerprint density at radius 2 is 2.16 bits per heavy atom. The van der Waals surface area contributed by atoms with E-state index in [-0.39, 0.29) is 18.7 Å². The Morgan fingerprint density at radius 1 is 1.32 bits per heavy atom. The lowest BCUT2D eigenvalue weighted by molar-refractivity contribution is 0.108. The number of para-hydroxylation sites is 1. The second-order valence-corrected chi connectivity index (χ2v) is 7.20. The number of amides is 2. The van der Waals surface area contributed by atoms with Crippen molar-refractivity contribution in [3.63, 3.8) is 0 Å². The molecule has 2 amide bonds. The van der Waals surface area contributed by atoms with Crippen LogP contribution in [0.1, 0.15) is 29.7 Å². The van der Waals surface area contributed by atoms with Crippen LogP contribution in [0.15, 0.2) is 41.8 Å². The summed E-state index contributed by atoms with van der Waals surface area (Å²) in [7, 11) is 0. The Bertz CT molecular complexity index is 674. The van der Waals surface area contributed by atoms with Crippen LogP contribution in [-0.4, -0.2) is 35.2 Å². The first-order chi connectivity index (χ1) is 12.3. The van der Waals surface area contributed by atoms with Crippen molar-refractivity contribution in [1.29, 1.82) is 0 Å². The summed E-state index contributed by atoms with van der Waals surface area (Å²) in [6.07, 6.45) is 2.96. The molecule has 0 spiro atoms. The predicted octanol–water partition coefficient (Wildman–Crippen LogP) is 3.38. The van der Waals surface area contributed by atoms with Crippen LogP contribution in [0.25, 0.3) is 0 Å². The van der Waals surface area contributed by atoms with Gasteiger partial charge < -0.3 is 20.1 Å². The number of rotatable bonds is 6. The highest BCUT2D eigenvalue weighted by Crippen LogP contribution is 2.19. The van der Waals surface area contributed by atoms with E-state index in [1.165, 1.54) is 0 Å². The quantitative estimate of drug-likeness (QED) is 0.830. The maximum atomic E-state index is 12.3. The summed E-state index contributed by atoms with van der Waals surface area (Å²) in [4.78, 5) is 15.2. The zero-order valence-corrected chi connectivity index (χ0v) is 15.0. The first-order valence-electron chi connectivity index (χ1n) is 8.65. The van der Waals surface area contributed by atoms with Gasteiger partial charge in [0, 0.05) is 17.0 Å². The van der Waals surface area contributed by atoms with Crippen LogP contribution >= 0.6 is 11.3 Å². The monoisotopic (exact) mass is 360 g/mol. The van der Waals surface area contributed by atoms with E-state index in [9.17, 15) is 9.90 Å². The first-order valence-corrected chi connectivity index (χ1v) is 9.53. The van der Waals surface area contributed by atoms with E-state index in [4.69, 9.17) is 4.74 Å². The minimum absolute atomic E-state index is 0.0351. The van der Waals surface area contributed by atoms with Gasteiger partial charge in [-0.3, -0.25) is 0 Å². The molecule has 1 aliphatic heterocycles. The molecule has 2 heterocycles. The van der Waals surface area contributed by atoms with E-state index in [1.54, 1.807) is 16.2 Å². The third-order valence-electron chi connectivity index (χ3n) is 4.37. The maximum absolute atomic E-state index is 12.3. The van der Waals surface area contributed by atoms with Crippen LogP contribution in [0.2, 0.25) is 0 Å². The average Bonchev–Trinajstić information content (AvgIpc) is 3.13. The molecule has 0 saturated carbocycles. The van der Waals surface area contributed by atoms with Crippen molar-refractivity contribution in [3.8, 4) is 5.75 Å². The fourth-order valence-electron chi connectivity index (χ4n) is 3.00. The number of hydrogen-bond acceptors (Lipinski definition) is 4. The number of nitrogens with zero attached hydrogens (tertiary/aromatic N) is 1. The molecule has 1 atom stereocenters. The second kappa shape index (κ2) is 8.87. The molecule has 134 valence electrons. The molecule has 1 saturated heterocycles. The molecule has 1 aromatic carbocycles. The third-order valence-corrected chi connectivity index (χ3v) is 5.35. The summed E-state index contributed by atoms with van der Waals surface area (Å²) in [5.41, 5.74) is 1.10. The number of ether oxygens (including phenoxy) is 1. The van der Waals surface area contributed by atoms with Gasteiger partial charge in [0.15, 0.2) is 0 Å². The first kappa shape index (κ1) is 17.8. The number of piperidine rings is 1. The number of carbonyl (C=O) groups is 1. The zero-order chi connectivity index (χ0) is 17.5. The number of thiophene rings is 1. The SMILES string of the molecule is O=C(NCc1cc(COc2ccccc2)cs1)N1CCCC[C@H]1CO. The summed E-state index contributed by atoms with van der Waals surface area (Å²) < 4.78 is 5.74. The average molecular weight is 360 g/mol. The van der Waals surface area contributed by atoms with Gasteiger partial charge in [0.1, 0.15) is 12.4 Å². The summed E-state index contributed by atoms with van der Waals surface area (Å²) in [6, 6.07) is 11.7. The van der Waals surface area contributed by atoms with E-state index in [1.807, 2.05) is 30.3 Å². The van der Waals surface area contributed by atoms with Gasteiger partial charge in [-0.15, -0.1) is 11.3 Å².